The third kappa shape index (κ3) is 2.99. The van der Waals surface area contributed by atoms with Gasteiger partial charge in [-0.25, -0.2) is 13.1 Å². The summed E-state index contributed by atoms with van der Waals surface area (Å²) in [6.07, 6.45) is 2.86. The number of thioether (sulfide) groups is 1. The van der Waals surface area contributed by atoms with Gasteiger partial charge in [0.05, 0.1) is 4.90 Å². The van der Waals surface area contributed by atoms with Gasteiger partial charge in [-0.3, -0.25) is 0 Å². The Labute approximate surface area is 113 Å². The first-order valence-electron chi connectivity index (χ1n) is 5.92. The summed E-state index contributed by atoms with van der Waals surface area (Å²) < 4.78 is 26.9. The zero-order valence-corrected chi connectivity index (χ0v) is 12.2. The predicted molar refractivity (Wildman–Crippen MR) is 76.8 cm³/mol. The Balaban J connectivity index is 2.15. The second kappa shape index (κ2) is 5.50. The van der Waals surface area contributed by atoms with Gasteiger partial charge in [-0.05, 0) is 36.4 Å². The summed E-state index contributed by atoms with van der Waals surface area (Å²) in [5, 5.41) is 3.49. The molecule has 1 unspecified atom stereocenters. The molecule has 0 saturated carbocycles. The SMILES string of the molecule is CSC(C)CNS(=O)(=O)c1ccc2c(c1)CCN2. The molecule has 0 aromatic heterocycles. The molecule has 1 aliphatic rings. The van der Waals surface area contributed by atoms with E-state index in [0.29, 0.717) is 11.4 Å². The topological polar surface area (TPSA) is 58.2 Å². The quantitative estimate of drug-likeness (QED) is 0.865. The summed E-state index contributed by atoms with van der Waals surface area (Å²) in [5.41, 5.74) is 2.13. The van der Waals surface area contributed by atoms with Crippen LogP contribution < -0.4 is 10.0 Å². The lowest BCUT2D eigenvalue weighted by Crippen LogP contribution is -2.29. The standard InChI is InChI=1S/C12H18N2O2S2/c1-9(17-2)8-14-18(15,16)11-3-4-12-10(7-11)5-6-13-12/h3-4,7,9,13-14H,5-6,8H2,1-2H3. The van der Waals surface area contributed by atoms with Gasteiger partial charge in [0.1, 0.15) is 0 Å². The van der Waals surface area contributed by atoms with Gasteiger partial charge in [0.25, 0.3) is 0 Å². The third-order valence-electron chi connectivity index (χ3n) is 3.06. The molecule has 2 N–H and O–H groups in total. The number of rotatable bonds is 5. The van der Waals surface area contributed by atoms with E-state index in [1.165, 1.54) is 0 Å². The average Bonchev–Trinajstić information content (AvgIpc) is 2.83. The zero-order chi connectivity index (χ0) is 13.2. The molecule has 0 amide bonds. The van der Waals surface area contributed by atoms with Gasteiger partial charge < -0.3 is 5.32 Å². The summed E-state index contributed by atoms with van der Waals surface area (Å²) >= 11 is 1.64. The van der Waals surface area contributed by atoms with E-state index in [9.17, 15) is 8.42 Å². The Morgan fingerprint density at radius 2 is 2.28 bits per heavy atom. The van der Waals surface area contributed by atoms with Crippen LogP contribution in [0.5, 0.6) is 0 Å². The van der Waals surface area contributed by atoms with Crippen LogP contribution in [0, 0.1) is 0 Å². The zero-order valence-electron chi connectivity index (χ0n) is 10.6. The molecule has 6 heteroatoms. The lowest BCUT2D eigenvalue weighted by atomic mass is 10.2. The number of nitrogens with one attached hydrogen (secondary N) is 2. The largest absolute Gasteiger partial charge is 0.384 e. The fourth-order valence-corrected chi connectivity index (χ4v) is 3.38. The van der Waals surface area contributed by atoms with Gasteiger partial charge >= 0.3 is 0 Å². The van der Waals surface area contributed by atoms with E-state index >= 15 is 0 Å². The molecule has 0 bridgehead atoms. The summed E-state index contributed by atoms with van der Waals surface area (Å²) in [4.78, 5) is 0.359. The Morgan fingerprint density at radius 1 is 1.50 bits per heavy atom. The Kier molecular flexibility index (Phi) is 4.19. The van der Waals surface area contributed by atoms with E-state index in [2.05, 4.69) is 10.0 Å². The van der Waals surface area contributed by atoms with Crippen molar-refractivity contribution in [1.29, 1.82) is 0 Å². The van der Waals surface area contributed by atoms with Crippen LogP contribution in [0.4, 0.5) is 5.69 Å². The van der Waals surface area contributed by atoms with Crippen LogP contribution in [0.15, 0.2) is 23.1 Å². The van der Waals surface area contributed by atoms with Crippen LogP contribution in [0.2, 0.25) is 0 Å². The summed E-state index contributed by atoms with van der Waals surface area (Å²) in [6, 6.07) is 5.26. The highest BCUT2D eigenvalue weighted by atomic mass is 32.2. The van der Waals surface area contributed by atoms with E-state index in [1.807, 2.05) is 19.2 Å². The van der Waals surface area contributed by atoms with E-state index in [-0.39, 0.29) is 5.25 Å². The van der Waals surface area contributed by atoms with Crippen LogP contribution >= 0.6 is 11.8 Å². The first-order valence-corrected chi connectivity index (χ1v) is 8.69. The molecule has 4 nitrogen and oxygen atoms in total. The smallest absolute Gasteiger partial charge is 0.240 e. The van der Waals surface area contributed by atoms with Gasteiger partial charge in [0.15, 0.2) is 0 Å². The van der Waals surface area contributed by atoms with Gasteiger partial charge in [-0.1, -0.05) is 6.92 Å². The van der Waals surface area contributed by atoms with Crippen molar-refractivity contribution >= 4 is 27.5 Å². The van der Waals surface area contributed by atoms with Crippen LogP contribution in [-0.2, 0) is 16.4 Å². The molecule has 1 aromatic carbocycles. The normalized spacial score (nSPS) is 16.1. The molecule has 1 aliphatic heterocycles. The lowest BCUT2D eigenvalue weighted by Gasteiger charge is -2.11. The molecule has 0 saturated heterocycles. The highest BCUT2D eigenvalue weighted by Crippen LogP contribution is 2.24. The van der Waals surface area contributed by atoms with Crippen molar-refractivity contribution in [3.63, 3.8) is 0 Å². The van der Waals surface area contributed by atoms with Gasteiger partial charge in [0.2, 0.25) is 10.0 Å². The molecule has 18 heavy (non-hydrogen) atoms. The van der Waals surface area contributed by atoms with Gasteiger partial charge in [-0.15, -0.1) is 0 Å². The molecule has 1 heterocycles. The lowest BCUT2D eigenvalue weighted by molar-refractivity contribution is 0.581. The Hall–Kier alpha value is -0.720. The maximum atomic E-state index is 12.1. The molecule has 100 valence electrons. The molecule has 0 radical (unpaired) electrons. The Bertz CT molecular complexity index is 529. The predicted octanol–water partition coefficient (Wildman–Crippen LogP) is 1.68. The molecule has 0 spiro atoms. The molecule has 2 rings (SSSR count). The summed E-state index contributed by atoms with van der Waals surface area (Å²) in [7, 11) is -3.38. The van der Waals surface area contributed by atoms with Crippen molar-refractivity contribution in [1.82, 2.24) is 4.72 Å². The van der Waals surface area contributed by atoms with Crippen molar-refractivity contribution in [2.24, 2.45) is 0 Å². The second-order valence-corrected chi connectivity index (χ2v) is 7.44. The van der Waals surface area contributed by atoms with Crippen LogP contribution in [0.1, 0.15) is 12.5 Å². The highest BCUT2D eigenvalue weighted by molar-refractivity contribution is 7.99. The van der Waals surface area contributed by atoms with E-state index in [4.69, 9.17) is 0 Å². The van der Waals surface area contributed by atoms with Crippen LogP contribution in [0.3, 0.4) is 0 Å². The van der Waals surface area contributed by atoms with Crippen molar-refractivity contribution in [3.05, 3.63) is 23.8 Å². The number of hydrogen-bond acceptors (Lipinski definition) is 4. The van der Waals surface area contributed by atoms with E-state index in [0.717, 1.165) is 24.2 Å². The monoisotopic (exact) mass is 286 g/mol. The van der Waals surface area contributed by atoms with Gasteiger partial charge in [-0.2, -0.15) is 11.8 Å². The van der Waals surface area contributed by atoms with Crippen molar-refractivity contribution in [3.8, 4) is 0 Å². The molecule has 0 fully saturated rings. The third-order valence-corrected chi connectivity index (χ3v) is 5.45. The fraction of sp³-hybridized carbons (Fsp3) is 0.500. The van der Waals surface area contributed by atoms with Crippen molar-refractivity contribution in [2.75, 3.05) is 24.7 Å². The van der Waals surface area contributed by atoms with E-state index < -0.39 is 10.0 Å². The summed E-state index contributed by atoms with van der Waals surface area (Å²) in [6.45, 7) is 3.34. The Morgan fingerprint density at radius 3 is 3.00 bits per heavy atom. The van der Waals surface area contributed by atoms with Crippen molar-refractivity contribution in [2.45, 2.75) is 23.5 Å². The first-order chi connectivity index (χ1) is 8.53. The minimum Gasteiger partial charge on any atom is -0.384 e. The number of anilines is 1. The number of hydrogen-bond donors (Lipinski definition) is 2. The number of fused-ring (bicyclic) bond motifs is 1. The van der Waals surface area contributed by atoms with E-state index in [1.54, 1.807) is 23.9 Å². The maximum Gasteiger partial charge on any atom is 0.240 e. The average molecular weight is 286 g/mol. The fourth-order valence-electron chi connectivity index (χ4n) is 1.84. The molecule has 1 atom stereocenters. The number of benzene rings is 1. The summed E-state index contributed by atoms with van der Waals surface area (Å²) in [5.74, 6) is 0. The second-order valence-electron chi connectivity index (χ2n) is 4.39. The maximum absolute atomic E-state index is 12.1. The number of sulfonamides is 1. The van der Waals surface area contributed by atoms with Crippen LogP contribution in [-0.4, -0.2) is 33.0 Å². The molecular formula is C12H18N2O2S2. The highest BCUT2D eigenvalue weighted by Gasteiger charge is 2.18. The molecule has 0 aliphatic carbocycles. The molecular weight excluding hydrogens is 268 g/mol. The van der Waals surface area contributed by atoms with Gasteiger partial charge in [0, 0.05) is 24.0 Å². The van der Waals surface area contributed by atoms with Crippen LogP contribution in [0.25, 0.3) is 0 Å². The molecule has 1 aromatic rings. The first kappa shape index (κ1) is 13.7. The van der Waals surface area contributed by atoms with Crippen molar-refractivity contribution < 1.29 is 8.42 Å². The minimum absolute atomic E-state index is 0.274. The minimum atomic E-state index is -3.38.